The van der Waals surface area contributed by atoms with Gasteiger partial charge in [-0.1, -0.05) is 61.5 Å². The van der Waals surface area contributed by atoms with Gasteiger partial charge < -0.3 is 14.5 Å². The van der Waals surface area contributed by atoms with Gasteiger partial charge in [-0.25, -0.2) is 9.78 Å². The van der Waals surface area contributed by atoms with Gasteiger partial charge in [0.2, 0.25) is 5.16 Å². The maximum Gasteiger partial charge on any atom is 0.343 e. The Morgan fingerprint density at radius 1 is 1.00 bits per heavy atom. The molecule has 0 aliphatic heterocycles. The number of aromatic hydroxyl groups is 1. The lowest BCUT2D eigenvalue weighted by atomic mass is 9.86. The molecule has 2 aromatic heterocycles. The van der Waals surface area contributed by atoms with Gasteiger partial charge in [0.1, 0.15) is 11.5 Å². The number of aromatic amines is 1. The predicted molar refractivity (Wildman–Crippen MR) is 158 cm³/mol. The molecule has 210 valence electrons. The van der Waals surface area contributed by atoms with Crippen molar-refractivity contribution < 1.29 is 17.9 Å². The van der Waals surface area contributed by atoms with E-state index in [1.807, 2.05) is 24.3 Å². The molecular formula is C32H31N3O5S. The summed E-state index contributed by atoms with van der Waals surface area (Å²) in [6.45, 7) is 2.09. The van der Waals surface area contributed by atoms with Gasteiger partial charge in [0.05, 0.1) is 16.6 Å². The third kappa shape index (κ3) is 5.63. The molecular weight excluding hydrogens is 538 g/mol. The van der Waals surface area contributed by atoms with Crippen molar-refractivity contribution in [2.24, 2.45) is 5.92 Å². The van der Waals surface area contributed by atoms with E-state index < -0.39 is 21.6 Å². The SMILES string of the molecule is CC[C@@H](Cc1cc(O)c(C(c2cccc(NS(=O)(=O)c3nc4ccccc4[nH]3)c2)C2CC2)c(=O)o1)c1ccccc1. The molecule has 1 saturated carbocycles. The molecule has 2 atom stereocenters. The topological polar surface area (TPSA) is 125 Å². The third-order valence-corrected chi connectivity index (χ3v) is 8.96. The van der Waals surface area contributed by atoms with Gasteiger partial charge in [0.15, 0.2) is 0 Å². The predicted octanol–water partition coefficient (Wildman–Crippen LogP) is 6.30. The van der Waals surface area contributed by atoms with Crippen molar-refractivity contribution in [3.8, 4) is 5.75 Å². The molecule has 1 fully saturated rings. The number of rotatable bonds is 10. The Hall–Kier alpha value is -4.37. The monoisotopic (exact) mass is 569 g/mol. The zero-order valence-corrected chi connectivity index (χ0v) is 23.4. The van der Waals surface area contributed by atoms with E-state index in [9.17, 15) is 18.3 Å². The molecule has 0 amide bonds. The molecule has 1 unspecified atom stereocenters. The van der Waals surface area contributed by atoms with Gasteiger partial charge in [0.25, 0.3) is 10.0 Å². The normalized spacial score (nSPS) is 15.0. The van der Waals surface area contributed by atoms with Crippen LogP contribution in [0.5, 0.6) is 5.75 Å². The first kappa shape index (κ1) is 26.8. The Balaban J connectivity index is 1.29. The summed E-state index contributed by atoms with van der Waals surface area (Å²) in [6.07, 6.45) is 3.15. The van der Waals surface area contributed by atoms with Gasteiger partial charge in [-0.3, -0.25) is 4.72 Å². The highest BCUT2D eigenvalue weighted by Gasteiger charge is 2.37. The van der Waals surface area contributed by atoms with Gasteiger partial charge in [-0.05, 0) is 66.5 Å². The first-order valence-corrected chi connectivity index (χ1v) is 15.3. The quantitative estimate of drug-likeness (QED) is 0.181. The van der Waals surface area contributed by atoms with Crippen molar-refractivity contribution in [1.82, 2.24) is 9.97 Å². The van der Waals surface area contributed by atoms with Crippen LogP contribution in [0.1, 0.15) is 60.5 Å². The minimum Gasteiger partial charge on any atom is -0.507 e. The minimum absolute atomic E-state index is 0.0932. The number of nitrogens with zero attached hydrogens (tertiary/aromatic N) is 1. The summed E-state index contributed by atoms with van der Waals surface area (Å²) in [7, 11) is -3.99. The van der Waals surface area contributed by atoms with Crippen molar-refractivity contribution >= 4 is 26.7 Å². The molecule has 3 N–H and O–H groups in total. The van der Waals surface area contributed by atoms with Crippen LogP contribution in [0.15, 0.2) is 99.3 Å². The van der Waals surface area contributed by atoms with Crippen LogP contribution in [0, 0.1) is 5.92 Å². The number of fused-ring (bicyclic) bond motifs is 1. The Morgan fingerprint density at radius 2 is 1.73 bits per heavy atom. The Labute approximate surface area is 238 Å². The first-order valence-electron chi connectivity index (χ1n) is 13.8. The average Bonchev–Trinajstić information content (AvgIpc) is 3.70. The maximum atomic E-state index is 13.3. The summed E-state index contributed by atoms with van der Waals surface area (Å²) in [5.74, 6) is 0.218. The smallest absolute Gasteiger partial charge is 0.343 e. The van der Waals surface area contributed by atoms with Crippen molar-refractivity contribution in [2.75, 3.05) is 4.72 Å². The summed E-state index contributed by atoms with van der Waals surface area (Å²) < 4.78 is 34.6. The van der Waals surface area contributed by atoms with Crippen LogP contribution >= 0.6 is 0 Å². The van der Waals surface area contributed by atoms with E-state index in [0.29, 0.717) is 28.9 Å². The number of H-pyrrole nitrogens is 1. The van der Waals surface area contributed by atoms with Crippen molar-refractivity contribution in [2.45, 2.75) is 49.6 Å². The van der Waals surface area contributed by atoms with Crippen LogP contribution < -0.4 is 10.3 Å². The maximum absolute atomic E-state index is 13.3. The summed E-state index contributed by atoms with van der Waals surface area (Å²) in [5, 5.41) is 10.9. The number of sulfonamides is 1. The molecule has 9 heteroatoms. The van der Waals surface area contributed by atoms with E-state index in [4.69, 9.17) is 4.42 Å². The highest BCUT2D eigenvalue weighted by Crippen LogP contribution is 2.48. The molecule has 0 saturated heterocycles. The Bertz CT molecular complexity index is 1830. The summed E-state index contributed by atoms with van der Waals surface area (Å²) in [6, 6.07) is 25.6. The fraction of sp³-hybridized carbons (Fsp3) is 0.250. The number of anilines is 1. The van der Waals surface area contributed by atoms with Gasteiger partial charge in [0, 0.05) is 24.1 Å². The zero-order valence-electron chi connectivity index (χ0n) is 22.6. The number of hydrogen-bond donors (Lipinski definition) is 3. The fourth-order valence-electron chi connectivity index (χ4n) is 5.55. The number of nitrogens with one attached hydrogen (secondary N) is 2. The largest absolute Gasteiger partial charge is 0.507 e. The second kappa shape index (κ2) is 10.9. The summed E-state index contributed by atoms with van der Waals surface area (Å²) >= 11 is 0. The number of para-hydroxylation sites is 2. The molecule has 6 rings (SSSR count). The van der Waals surface area contributed by atoms with E-state index >= 15 is 0 Å². The molecule has 1 aliphatic rings. The number of benzene rings is 3. The van der Waals surface area contributed by atoms with Crippen LogP contribution in [-0.2, 0) is 16.4 Å². The Morgan fingerprint density at radius 3 is 2.44 bits per heavy atom. The molecule has 0 bridgehead atoms. The molecule has 0 radical (unpaired) electrons. The summed E-state index contributed by atoms with van der Waals surface area (Å²) in [5.41, 5.74) is 3.03. The lowest BCUT2D eigenvalue weighted by molar-refractivity contribution is 0.395. The molecule has 41 heavy (non-hydrogen) atoms. The fourth-order valence-corrected chi connectivity index (χ4v) is 6.55. The highest BCUT2D eigenvalue weighted by atomic mass is 32.2. The second-order valence-electron chi connectivity index (χ2n) is 10.6. The lowest BCUT2D eigenvalue weighted by Gasteiger charge is -2.20. The van der Waals surface area contributed by atoms with E-state index in [1.54, 1.807) is 48.5 Å². The van der Waals surface area contributed by atoms with Crippen molar-refractivity contribution in [1.29, 1.82) is 0 Å². The van der Waals surface area contributed by atoms with Crippen molar-refractivity contribution in [3.05, 3.63) is 118 Å². The Kier molecular flexibility index (Phi) is 7.13. The van der Waals surface area contributed by atoms with E-state index in [0.717, 1.165) is 30.4 Å². The van der Waals surface area contributed by atoms with Crippen LogP contribution in [0.4, 0.5) is 5.69 Å². The second-order valence-corrected chi connectivity index (χ2v) is 12.2. The lowest BCUT2D eigenvalue weighted by Crippen LogP contribution is -2.18. The molecule has 8 nitrogen and oxygen atoms in total. The van der Waals surface area contributed by atoms with Gasteiger partial charge >= 0.3 is 5.63 Å². The van der Waals surface area contributed by atoms with Crippen molar-refractivity contribution in [3.63, 3.8) is 0 Å². The number of hydrogen-bond acceptors (Lipinski definition) is 6. The number of imidazole rings is 1. The first-order chi connectivity index (χ1) is 19.8. The molecule has 3 aromatic carbocycles. The minimum atomic E-state index is -3.99. The van der Waals surface area contributed by atoms with Crippen LogP contribution in [0.3, 0.4) is 0 Å². The molecule has 1 aliphatic carbocycles. The van der Waals surface area contributed by atoms with E-state index in [2.05, 4.69) is 33.7 Å². The standard InChI is InChI=1S/C32H31N3O5S/c1-2-20(21-9-4-3-5-10-21)18-25-19-28(36)30(31(37)40-25)29(22-15-16-22)23-11-8-12-24(17-23)35-41(38,39)32-33-26-13-6-7-14-27(26)34-32/h3-14,17,19-20,22,29,35-36H,2,15-16,18H2,1H3,(H,33,34)/t20-,29?/m0/s1. The third-order valence-electron chi connectivity index (χ3n) is 7.75. The molecule has 5 aromatic rings. The van der Waals surface area contributed by atoms with Crippen LogP contribution in [0.2, 0.25) is 0 Å². The van der Waals surface area contributed by atoms with Crippen LogP contribution in [-0.4, -0.2) is 23.5 Å². The van der Waals surface area contributed by atoms with Gasteiger partial charge in [-0.2, -0.15) is 8.42 Å². The average molecular weight is 570 g/mol. The van der Waals surface area contributed by atoms with Crippen LogP contribution in [0.25, 0.3) is 11.0 Å². The van der Waals surface area contributed by atoms with Gasteiger partial charge in [-0.15, -0.1) is 0 Å². The van der Waals surface area contributed by atoms with E-state index in [-0.39, 0.29) is 28.3 Å². The molecule has 2 heterocycles. The zero-order chi connectivity index (χ0) is 28.6. The number of aromatic nitrogens is 2. The summed E-state index contributed by atoms with van der Waals surface area (Å²) in [4.78, 5) is 20.4. The highest BCUT2D eigenvalue weighted by molar-refractivity contribution is 7.92. The molecule has 0 spiro atoms. The van der Waals surface area contributed by atoms with E-state index in [1.165, 1.54) is 0 Å².